The number of rotatable bonds is 2. The van der Waals surface area contributed by atoms with Crippen LogP contribution in [0.4, 0.5) is 5.82 Å². The summed E-state index contributed by atoms with van der Waals surface area (Å²) in [5.74, 6) is 0.602. The van der Waals surface area contributed by atoms with Gasteiger partial charge in [0.25, 0.3) is 5.82 Å². The molecule has 1 aromatic heterocycles. The summed E-state index contributed by atoms with van der Waals surface area (Å²) in [6, 6.07) is 10.9. The summed E-state index contributed by atoms with van der Waals surface area (Å²) in [7, 11) is 1.92. The zero-order chi connectivity index (χ0) is 14.0. The molecule has 1 heterocycles. The molecule has 0 unspecified atom stereocenters. The maximum Gasteiger partial charge on any atom is 0.339 e. The van der Waals surface area contributed by atoms with Crippen molar-refractivity contribution in [3.05, 3.63) is 58.2 Å². The molecule has 0 aliphatic carbocycles. The van der Waals surface area contributed by atoms with Crippen molar-refractivity contribution in [2.75, 3.05) is 5.32 Å². The topological polar surface area (TPSA) is 33.0 Å². The second kappa shape index (κ2) is 5.41. The van der Waals surface area contributed by atoms with E-state index in [9.17, 15) is 4.79 Å². The first kappa shape index (κ1) is 13.6. The van der Waals surface area contributed by atoms with Gasteiger partial charge in [-0.1, -0.05) is 17.7 Å². The Bertz CT molecular complexity index is 638. The molecule has 0 bridgehead atoms. The fourth-order valence-corrected chi connectivity index (χ4v) is 2.10. The Balaban J connectivity index is 2.29. The van der Waals surface area contributed by atoms with Gasteiger partial charge in [0.05, 0.1) is 12.6 Å². The average Bonchev–Trinajstić information content (AvgIpc) is 2.35. The van der Waals surface area contributed by atoms with Gasteiger partial charge in [-0.3, -0.25) is 0 Å². The lowest BCUT2D eigenvalue weighted by Crippen LogP contribution is -2.37. The third kappa shape index (κ3) is 3.12. The highest BCUT2D eigenvalue weighted by Gasteiger charge is 2.16. The Morgan fingerprint density at radius 2 is 1.95 bits per heavy atom. The highest BCUT2D eigenvalue weighted by atomic mass is 35.5. The van der Waals surface area contributed by atoms with Crippen LogP contribution in [0, 0.1) is 13.8 Å². The van der Waals surface area contributed by atoms with E-state index in [1.807, 2.05) is 31.5 Å². The van der Waals surface area contributed by atoms with Crippen LogP contribution in [0.25, 0.3) is 0 Å². The van der Waals surface area contributed by atoms with Crippen LogP contribution >= 0.6 is 11.6 Å². The molecule has 98 valence electrons. The summed E-state index contributed by atoms with van der Waals surface area (Å²) in [6.07, 6.45) is 0. The van der Waals surface area contributed by atoms with Crippen LogP contribution in [0.2, 0.25) is 5.02 Å². The Morgan fingerprint density at radius 1 is 1.21 bits per heavy atom. The number of anilines is 1. The summed E-state index contributed by atoms with van der Waals surface area (Å²) in [6.45, 7) is 4.00. The second-order valence-corrected chi connectivity index (χ2v) is 5.02. The Hall–Kier alpha value is -1.87. The van der Waals surface area contributed by atoms with Crippen molar-refractivity contribution >= 4 is 23.3 Å². The number of halogens is 1. The molecule has 0 aliphatic rings. The van der Waals surface area contributed by atoms with Gasteiger partial charge in [0.1, 0.15) is 5.69 Å². The number of aromatic nitrogens is 1. The van der Waals surface area contributed by atoms with Crippen LogP contribution in [0.5, 0.6) is 0 Å². The third-order valence-corrected chi connectivity index (χ3v) is 3.25. The van der Waals surface area contributed by atoms with E-state index < -0.39 is 0 Å². The molecule has 1 amide bonds. The summed E-state index contributed by atoms with van der Waals surface area (Å²) >= 11 is 5.89. The molecule has 0 spiro atoms. The van der Waals surface area contributed by atoms with Gasteiger partial charge < -0.3 is 0 Å². The molecule has 0 radical (unpaired) electrons. The molecule has 3 nitrogen and oxygen atoms in total. The van der Waals surface area contributed by atoms with E-state index in [0.717, 1.165) is 17.1 Å². The van der Waals surface area contributed by atoms with Gasteiger partial charge >= 0.3 is 5.91 Å². The average molecular weight is 276 g/mol. The number of hydrogen-bond donors (Lipinski definition) is 1. The van der Waals surface area contributed by atoms with Crippen molar-refractivity contribution < 1.29 is 9.36 Å². The van der Waals surface area contributed by atoms with Crippen molar-refractivity contribution in [2.45, 2.75) is 13.8 Å². The Morgan fingerprint density at radius 3 is 2.63 bits per heavy atom. The van der Waals surface area contributed by atoms with E-state index >= 15 is 0 Å². The molecule has 4 heteroatoms. The molecule has 1 N–H and O–H groups in total. The van der Waals surface area contributed by atoms with E-state index in [1.165, 1.54) is 0 Å². The fourth-order valence-electron chi connectivity index (χ4n) is 1.91. The number of pyridine rings is 1. The van der Waals surface area contributed by atoms with Crippen molar-refractivity contribution in [3.8, 4) is 0 Å². The van der Waals surface area contributed by atoms with Gasteiger partial charge in [-0.15, -0.1) is 0 Å². The van der Waals surface area contributed by atoms with Crippen LogP contribution in [-0.4, -0.2) is 5.91 Å². The standard InChI is InChI=1S/C15H15ClN2O/c1-10-7-11(2)18(3)14(8-10)17-15(19)12-5-4-6-13(16)9-12/h4-9H,1-3H3/p+1. The van der Waals surface area contributed by atoms with E-state index in [0.29, 0.717) is 10.6 Å². The van der Waals surface area contributed by atoms with E-state index in [2.05, 4.69) is 11.4 Å². The number of carbonyl (C=O) groups is 1. The molecule has 19 heavy (non-hydrogen) atoms. The number of aryl methyl sites for hydroxylation is 2. The van der Waals surface area contributed by atoms with Crippen LogP contribution in [0.3, 0.4) is 0 Å². The van der Waals surface area contributed by atoms with Crippen LogP contribution < -0.4 is 9.88 Å². The lowest BCUT2D eigenvalue weighted by atomic mass is 10.2. The largest absolute Gasteiger partial charge is 0.339 e. The molecule has 2 aromatic rings. The Kier molecular flexibility index (Phi) is 3.86. The highest BCUT2D eigenvalue weighted by molar-refractivity contribution is 6.31. The number of hydrogen-bond acceptors (Lipinski definition) is 1. The van der Waals surface area contributed by atoms with Gasteiger partial charge in [0.2, 0.25) is 0 Å². The zero-order valence-electron chi connectivity index (χ0n) is 11.2. The van der Waals surface area contributed by atoms with Gasteiger partial charge in [0, 0.05) is 11.1 Å². The van der Waals surface area contributed by atoms with Crippen molar-refractivity contribution in [1.82, 2.24) is 0 Å². The number of amides is 1. The van der Waals surface area contributed by atoms with E-state index in [4.69, 9.17) is 11.6 Å². The van der Waals surface area contributed by atoms with Crippen molar-refractivity contribution in [3.63, 3.8) is 0 Å². The quantitative estimate of drug-likeness (QED) is 0.840. The minimum atomic E-state index is -0.164. The first-order chi connectivity index (χ1) is 8.97. The molecule has 0 saturated carbocycles. The molecule has 1 aromatic carbocycles. The molecule has 2 rings (SSSR count). The minimum Gasteiger partial charge on any atom is -0.241 e. The molecular weight excluding hydrogens is 260 g/mol. The predicted octanol–water partition coefficient (Wildman–Crippen LogP) is 3.03. The van der Waals surface area contributed by atoms with Crippen molar-refractivity contribution in [1.29, 1.82) is 0 Å². The maximum absolute atomic E-state index is 12.2. The predicted molar refractivity (Wildman–Crippen MR) is 76.5 cm³/mol. The van der Waals surface area contributed by atoms with Crippen molar-refractivity contribution in [2.24, 2.45) is 7.05 Å². The third-order valence-electron chi connectivity index (χ3n) is 3.02. The molecular formula is C15H16ClN2O+. The second-order valence-electron chi connectivity index (χ2n) is 4.58. The smallest absolute Gasteiger partial charge is 0.241 e. The summed E-state index contributed by atoms with van der Waals surface area (Å²) in [5.41, 5.74) is 2.74. The zero-order valence-corrected chi connectivity index (χ0v) is 12.0. The van der Waals surface area contributed by atoms with E-state index in [-0.39, 0.29) is 5.91 Å². The first-order valence-corrected chi connectivity index (χ1v) is 6.39. The van der Waals surface area contributed by atoms with Gasteiger partial charge in [-0.25, -0.2) is 14.7 Å². The number of benzene rings is 1. The van der Waals surface area contributed by atoms with Gasteiger partial charge in [-0.2, -0.15) is 0 Å². The van der Waals surface area contributed by atoms with E-state index in [1.54, 1.807) is 24.3 Å². The lowest BCUT2D eigenvalue weighted by molar-refractivity contribution is -0.663. The van der Waals surface area contributed by atoms with Gasteiger partial charge in [-0.05, 0) is 43.7 Å². The molecule has 0 saturated heterocycles. The number of carbonyl (C=O) groups excluding carboxylic acids is 1. The number of nitrogens with zero attached hydrogens (tertiary/aromatic N) is 1. The minimum absolute atomic E-state index is 0.164. The molecule has 0 atom stereocenters. The monoisotopic (exact) mass is 275 g/mol. The molecule has 0 fully saturated rings. The summed E-state index contributed by atoms with van der Waals surface area (Å²) in [4.78, 5) is 12.2. The van der Waals surface area contributed by atoms with Gasteiger partial charge in [0.15, 0.2) is 0 Å². The highest BCUT2D eigenvalue weighted by Crippen LogP contribution is 2.13. The molecule has 0 aliphatic heterocycles. The maximum atomic E-state index is 12.2. The SMILES string of the molecule is Cc1cc(C)[n+](C)c(NC(=O)c2cccc(Cl)c2)c1. The number of nitrogens with one attached hydrogen (secondary N) is 1. The fraction of sp³-hybridized carbons (Fsp3) is 0.200. The van der Waals surface area contributed by atoms with Crippen LogP contribution in [0.15, 0.2) is 36.4 Å². The summed E-state index contributed by atoms with van der Waals surface area (Å²) in [5, 5.41) is 3.45. The van der Waals surface area contributed by atoms with Crippen LogP contribution in [-0.2, 0) is 7.05 Å². The lowest BCUT2D eigenvalue weighted by Gasteiger charge is -2.06. The first-order valence-electron chi connectivity index (χ1n) is 6.01. The summed E-state index contributed by atoms with van der Waals surface area (Å²) < 4.78 is 1.94. The Labute approximate surface area is 117 Å². The normalized spacial score (nSPS) is 10.3. The van der Waals surface area contributed by atoms with Crippen LogP contribution in [0.1, 0.15) is 21.6 Å².